The second kappa shape index (κ2) is 10.4. The number of aromatic nitrogens is 2. The number of benzene rings is 1. The van der Waals surface area contributed by atoms with Crippen LogP contribution in [0.15, 0.2) is 52.3 Å². The van der Waals surface area contributed by atoms with E-state index in [9.17, 15) is 9.59 Å². The number of anilines is 1. The van der Waals surface area contributed by atoms with Crippen molar-refractivity contribution in [2.24, 2.45) is 0 Å². The number of thiocarbonyl (C=S) groups is 1. The van der Waals surface area contributed by atoms with Gasteiger partial charge in [-0.3, -0.25) is 18.9 Å². The predicted molar refractivity (Wildman–Crippen MR) is 152 cm³/mol. The number of rotatable bonds is 5. The summed E-state index contributed by atoms with van der Waals surface area (Å²) < 4.78 is 2.02. The molecule has 2 fully saturated rings. The Morgan fingerprint density at radius 3 is 2.78 bits per heavy atom. The molecule has 186 valence electrons. The lowest BCUT2D eigenvalue weighted by molar-refractivity contribution is -0.122. The van der Waals surface area contributed by atoms with Crippen LogP contribution in [0.5, 0.6) is 0 Å². The van der Waals surface area contributed by atoms with E-state index in [2.05, 4.69) is 11.8 Å². The number of thioether (sulfide) groups is 1. The van der Waals surface area contributed by atoms with E-state index in [0.29, 0.717) is 37.3 Å². The number of carbonyl (C=O) groups is 1. The van der Waals surface area contributed by atoms with Gasteiger partial charge in [0.2, 0.25) is 0 Å². The first-order valence-electron chi connectivity index (χ1n) is 12.2. The average molecular weight is 539 g/mol. The largest absolute Gasteiger partial charge is 0.353 e. The highest BCUT2D eigenvalue weighted by molar-refractivity contribution is 8.26. The van der Waals surface area contributed by atoms with Gasteiger partial charge in [-0.1, -0.05) is 66.8 Å². The SMILES string of the molecule is CCC1CCCCN1c1nc2ccc(C)cn2c(=O)c1C=C1SC(=S)N(Cc2ccccc2Cl)C1=O. The van der Waals surface area contributed by atoms with E-state index >= 15 is 0 Å². The van der Waals surface area contributed by atoms with Crippen molar-refractivity contribution < 1.29 is 4.79 Å². The van der Waals surface area contributed by atoms with Crippen molar-refractivity contribution in [3.05, 3.63) is 79.6 Å². The molecule has 4 heterocycles. The molecule has 0 aliphatic carbocycles. The molecule has 6 nitrogen and oxygen atoms in total. The van der Waals surface area contributed by atoms with Gasteiger partial charge in [0.05, 0.1) is 17.0 Å². The standard InChI is InChI=1S/C27H27ClN4O2S2/c1-3-19-9-6-7-13-30(19)24-20(25(33)31-15-17(2)11-12-23(31)29-24)14-22-26(34)32(27(35)36-22)16-18-8-4-5-10-21(18)28/h4-5,8,10-12,14-15,19H,3,6-7,9,13,16H2,1-2H3. The summed E-state index contributed by atoms with van der Waals surface area (Å²) >= 11 is 13.1. The number of hydrogen-bond acceptors (Lipinski definition) is 6. The van der Waals surface area contributed by atoms with E-state index in [4.69, 9.17) is 28.8 Å². The second-order valence-electron chi connectivity index (χ2n) is 9.20. The number of piperidine rings is 1. The minimum absolute atomic E-state index is 0.185. The third-order valence-corrected chi connectivity index (χ3v) is 8.54. The maximum atomic E-state index is 13.8. The fourth-order valence-corrected chi connectivity index (χ4v) is 6.29. The van der Waals surface area contributed by atoms with Crippen LogP contribution in [0.3, 0.4) is 0 Å². The molecular formula is C27H27ClN4O2S2. The Balaban J connectivity index is 1.60. The Morgan fingerprint density at radius 1 is 1.19 bits per heavy atom. The first-order valence-corrected chi connectivity index (χ1v) is 13.8. The minimum Gasteiger partial charge on any atom is -0.353 e. The number of amides is 1. The molecule has 3 aromatic rings. The molecule has 2 aromatic heterocycles. The topological polar surface area (TPSA) is 57.9 Å². The Bertz CT molecular complexity index is 1450. The quantitative estimate of drug-likeness (QED) is 0.301. The highest BCUT2D eigenvalue weighted by Crippen LogP contribution is 2.36. The van der Waals surface area contributed by atoms with Gasteiger partial charge in [0.15, 0.2) is 0 Å². The summed E-state index contributed by atoms with van der Waals surface area (Å²) in [5, 5.41) is 0.584. The molecule has 36 heavy (non-hydrogen) atoms. The van der Waals surface area contributed by atoms with E-state index < -0.39 is 0 Å². The van der Waals surface area contributed by atoms with Gasteiger partial charge in [-0.25, -0.2) is 4.98 Å². The molecule has 9 heteroatoms. The minimum atomic E-state index is -0.227. The van der Waals surface area contributed by atoms with Gasteiger partial charge in [-0.15, -0.1) is 0 Å². The van der Waals surface area contributed by atoms with E-state index in [-0.39, 0.29) is 18.0 Å². The normalized spacial score (nSPS) is 19.6. The zero-order valence-electron chi connectivity index (χ0n) is 20.2. The van der Waals surface area contributed by atoms with Crippen molar-refractivity contribution in [2.75, 3.05) is 11.4 Å². The first kappa shape index (κ1) is 25.0. The number of pyridine rings is 1. The lowest BCUT2D eigenvalue weighted by Crippen LogP contribution is -2.41. The van der Waals surface area contributed by atoms with Crippen LogP contribution in [0.25, 0.3) is 11.7 Å². The summed E-state index contributed by atoms with van der Waals surface area (Å²) in [5.41, 5.74) is 2.62. The summed E-state index contributed by atoms with van der Waals surface area (Å²) in [4.78, 5) is 36.4. The van der Waals surface area contributed by atoms with Crippen LogP contribution in [0.1, 0.15) is 49.3 Å². The molecule has 5 rings (SSSR count). The van der Waals surface area contributed by atoms with Gasteiger partial charge < -0.3 is 4.90 Å². The summed E-state index contributed by atoms with van der Waals surface area (Å²) in [5.74, 6) is 0.419. The third-order valence-electron chi connectivity index (χ3n) is 6.79. The van der Waals surface area contributed by atoms with Crippen molar-refractivity contribution >= 4 is 63.3 Å². The van der Waals surface area contributed by atoms with Gasteiger partial charge in [-0.05, 0) is 61.9 Å². The molecule has 2 aliphatic rings. The molecule has 0 bridgehead atoms. The van der Waals surface area contributed by atoms with Gasteiger partial charge in [0, 0.05) is 23.8 Å². The van der Waals surface area contributed by atoms with Crippen LogP contribution in [0.4, 0.5) is 5.82 Å². The number of aryl methyl sites for hydroxylation is 1. The Morgan fingerprint density at radius 2 is 2.00 bits per heavy atom. The summed E-state index contributed by atoms with van der Waals surface area (Å²) in [6.45, 7) is 5.23. The molecule has 0 saturated carbocycles. The van der Waals surface area contributed by atoms with Crippen LogP contribution < -0.4 is 10.5 Å². The molecule has 0 spiro atoms. The van der Waals surface area contributed by atoms with E-state index in [0.717, 1.165) is 43.4 Å². The van der Waals surface area contributed by atoms with Crippen LogP contribution in [0.2, 0.25) is 5.02 Å². The number of fused-ring (bicyclic) bond motifs is 1. The first-order chi connectivity index (χ1) is 17.4. The molecule has 2 aliphatic heterocycles. The Kier molecular flexibility index (Phi) is 7.19. The van der Waals surface area contributed by atoms with Gasteiger partial charge in [0.1, 0.15) is 15.8 Å². The van der Waals surface area contributed by atoms with Crippen LogP contribution >= 0.6 is 35.6 Å². The second-order valence-corrected chi connectivity index (χ2v) is 11.3. The molecule has 2 saturated heterocycles. The molecule has 0 N–H and O–H groups in total. The lowest BCUT2D eigenvalue weighted by Gasteiger charge is -2.37. The predicted octanol–water partition coefficient (Wildman–Crippen LogP) is 5.83. The van der Waals surface area contributed by atoms with Crippen LogP contribution in [0, 0.1) is 6.92 Å². The fourth-order valence-electron chi connectivity index (χ4n) is 4.86. The highest BCUT2D eigenvalue weighted by Gasteiger charge is 2.34. The maximum Gasteiger partial charge on any atom is 0.267 e. The van der Waals surface area contributed by atoms with Crippen molar-refractivity contribution in [2.45, 2.75) is 52.1 Å². The van der Waals surface area contributed by atoms with Crippen molar-refractivity contribution in [1.82, 2.24) is 14.3 Å². The number of carbonyl (C=O) groups excluding carboxylic acids is 1. The number of nitrogens with zero attached hydrogens (tertiary/aromatic N) is 4. The number of hydrogen-bond donors (Lipinski definition) is 0. The summed E-state index contributed by atoms with van der Waals surface area (Å²) in [6, 6.07) is 11.5. The smallest absolute Gasteiger partial charge is 0.267 e. The van der Waals surface area contributed by atoms with Crippen LogP contribution in [-0.2, 0) is 11.3 Å². The third kappa shape index (κ3) is 4.69. The fraction of sp³-hybridized carbons (Fsp3) is 0.333. The molecule has 1 atom stereocenters. The Labute approximate surface area is 225 Å². The summed E-state index contributed by atoms with van der Waals surface area (Å²) in [6.07, 6.45) is 7.72. The molecule has 1 unspecified atom stereocenters. The van der Waals surface area contributed by atoms with Gasteiger partial charge in [-0.2, -0.15) is 0 Å². The zero-order valence-corrected chi connectivity index (χ0v) is 22.6. The highest BCUT2D eigenvalue weighted by atomic mass is 35.5. The van der Waals surface area contributed by atoms with Crippen LogP contribution in [-0.4, -0.2) is 37.1 Å². The summed E-state index contributed by atoms with van der Waals surface area (Å²) in [7, 11) is 0. The molecule has 1 amide bonds. The van der Waals surface area contributed by atoms with Crippen molar-refractivity contribution in [3.63, 3.8) is 0 Å². The number of halogens is 1. The maximum absolute atomic E-state index is 13.8. The Hall–Kier alpha value is -2.68. The monoisotopic (exact) mass is 538 g/mol. The van der Waals surface area contributed by atoms with Crippen molar-refractivity contribution in [1.29, 1.82) is 0 Å². The molecular weight excluding hydrogens is 512 g/mol. The van der Waals surface area contributed by atoms with Gasteiger partial charge in [0.25, 0.3) is 11.5 Å². The van der Waals surface area contributed by atoms with E-state index in [1.165, 1.54) is 11.8 Å². The molecule has 0 radical (unpaired) electrons. The van der Waals surface area contributed by atoms with E-state index in [1.54, 1.807) is 27.6 Å². The average Bonchev–Trinajstić information content (AvgIpc) is 3.14. The van der Waals surface area contributed by atoms with Gasteiger partial charge >= 0.3 is 0 Å². The van der Waals surface area contributed by atoms with Crippen molar-refractivity contribution in [3.8, 4) is 0 Å². The zero-order chi connectivity index (χ0) is 25.4. The van der Waals surface area contributed by atoms with E-state index in [1.807, 2.05) is 37.3 Å². The molecule has 1 aromatic carbocycles. The lowest BCUT2D eigenvalue weighted by atomic mass is 9.99.